The lowest BCUT2D eigenvalue weighted by Gasteiger charge is -2.15. The number of carbonyl (C=O) groups excluding carboxylic acids is 2. The van der Waals surface area contributed by atoms with E-state index in [-0.39, 0.29) is 23.5 Å². The van der Waals surface area contributed by atoms with Gasteiger partial charge in [-0.2, -0.15) is 0 Å². The fraction of sp³-hybridized carbons (Fsp3) is 0.0455. The van der Waals surface area contributed by atoms with Crippen molar-refractivity contribution in [3.05, 3.63) is 106 Å². The van der Waals surface area contributed by atoms with E-state index < -0.39 is 22.6 Å². The first-order valence-electron chi connectivity index (χ1n) is 9.21. The topological polar surface area (TPSA) is 105 Å². The van der Waals surface area contributed by atoms with E-state index in [0.29, 0.717) is 16.8 Å². The average Bonchev–Trinajstić information content (AvgIpc) is 3.00. The molecular weight excluding hydrogens is 403 g/mol. The van der Waals surface area contributed by atoms with Gasteiger partial charge in [0, 0.05) is 30.2 Å². The minimum absolute atomic E-state index is 0.00866. The number of pyridine rings is 1. The molecule has 1 aliphatic heterocycles. The quantitative estimate of drug-likeness (QED) is 0.373. The number of imide groups is 1. The smallest absolute Gasteiger partial charge is 0.278 e. The number of nitro groups is 1. The highest BCUT2D eigenvalue weighted by molar-refractivity contribution is 6.36. The normalized spacial score (nSPS) is 13.6. The number of halogens is 1. The Morgan fingerprint density at radius 2 is 1.71 bits per heavy atom. The van der Waals surface area contributed by atoms with Crippen LogP contribution in [-0.2, 0) is 16.1 Å². The van der Waals surface area contributed by atoms with Gasteiger partial charge in [-0.15, -0.1) is 0 Å². The van der Waals surface area contributed by atoms with Gasteiger partial charge in [0.2, 0.25) is 0 Å². The molecule has 2 aromatic carbocycles. The van der Waals surface area contributed by atoms with Crippen LogP contribution in [0.2, 0.25) is 0 Å². The molecule has 0 saturated carbocycles. The Labute approximate surface area is 175 Å². The first kappa shape index (κ1) is 19.9. The Hall–Kier alpha value is -4.40. The number of nitro benzene ring substituents is 1. The maximum Gasteiger partial charge on any atom is 0.278 e. The Morgan fingerprint density at radius 3 is 2.32 bits per heavy atom. The van der Waals surface area contributed by atoms with Crippen LogP contribution in [0.1, 0.15) is 11.1 Å². The van der Waals surface area contributed by atoms with Crippen LogP contribution >= 0.6 is 0 Å². The molecule has 1 N–H and O–H groups in total. The first-order valence-corrected chi connectivity index (χ1v) is 9.21. The van der Waals surface area contributed by atoms with Crippen molar-refractivity contribution in [2.24, 2.45) is 0 Å². The van der Waals surface area contributed by atoms with Crippen molar-refractivity contribution < 1.29 is 18.9 Å². The van der Waals surface area contributed by atoms with Gasteiger partial charge in [-0.3, -0.25) is 29.6 Å². The monoisotopic (exact) mass is 418 g/mol. The van der Waals surface area contributed by atoms with Crippen molar-refractivity contribution in [2.75, 3.05) is 5.32 Å². The summed E-state index contributed by atoms with van der Waals surface area (Å²) in [7, 11) is 0. The maximum atomic E-state index is 13.3. The molecule has 31 heavy (non-hydrogen) atoms. The summed E-state index contributed by atoms with van der Waals surface area (Å²) in [5.74, 6) is -1.55. The second-order valence-corrected chi connectivity index (χ2v) is 6.74. The number of anilines is 1. The molecule has 1 aliphatic rings. The van der Waals surface area contributed by atoms with Crippen LogP contribution in [0.3, 0.4) is 0 Å². The number of nitrogens with zero attached hydrogens (tertiary/aromatic N) is 3. The largest absolute Gasteiger partial charge is 0.350 e. The number of nitrogens with one attached hydrogen (secondary N) is 1. The van der Waals surface area contributed by atoms with Crippen LogP contribution < -0.4 is 5.32 Å². The molecule has 0 aliphatic carbocycles. The molecule has 2 amide bonds. The van der Waals surface area contributed by atoms with E-state index in [0.717, 1.165) is 4.90 Å². The summed E-state index contributed by atoms with van der Waals surface area (Å²) >= 11 is 0. The van der Waals surface area contributed by atoms with Crippen LogP contribution in [0.5, 0.6) is 0 Å². The second kappa shape index (κ2) is 8.15. The van der Waals surface area contributed by atoms with E-state index >= 15 is 0 Å². The number of hydrogen-bond donors (Lipinski definition) is 1. The van der Waals surface area contributed by atoms with Crippen LogP contribution in [0.25, 0.3) is 5.57 Å². The van der Waals surface area contributed by atoms with E-state index in [2.05, 4.69) is 10.3 Å². The third-order valence-corrected chi connectivity index (χ3v) is 4.71. The molecule has 0 saturated heterocycles. The summed E-state index contributed by atoms with van der Waals surface area (Å²) in [5, 5.41) is 13.9. The summed E-state index contributed by atoms with van der Waals surface area (Å²) in [6, 6.07) is 14.1. The molecule has 0 unspecified atom stereocenters. The van der Waals surface area contributed by atoms with Crippen LogP contribution in [0.4, 0.5) is 15.8 Å². The van der Waals surface area contributed by atoms with E-state index in [1.807, 2.05) is 0 Å². The van der Waals surface area contributed by atoms with Gasteiger partial charge in [0.15, 0.2) is 0 Å². The van der Waals surface area contributed by atoms with Crippen molar-refractivity contribution in [1.29, 1.82) is 0 Å². The number of aromatic nitrogens is 1. The molecule has 0 radical (unpaired) electrons. The summed E-state index contributed by atoms with van der Waals surface area (Å²) in [4.78, 5) is 41.8. The molecule has 2 heterocycles. The highest BCUT2D eigenvalue weighted by Gasteiger charge is 2.39. The van der Waals surface area contributed by atoms with Gasteiger partial charge >= 0.3 is 0 Å². The molecule has 0 fully saturated rings. The summed E-state index contributed by atoms with van der Waals surface area (Å²) in [5.41, 5.74) is 1.38. The van der Waals surface area contributed by atoms with Crippen molar-refractivity contribution in [1.82, 2.24) is 9.88 Å². The lowest BCUT2D eigenvalue weighted by molar-refractivity contribution is -0.384. The zero-order valence-electron chi connectivity index (χ0n) is 16.0. The van der Waals surface area contributed by atoms with Gasteiger partial charge in [-0.1, -0.05) is 6.07 Å². The highest BCUT2D eigenvalue weighted by atomic mass is 19.1. The summed E-state index contributed by atoms with van der Waals surface area (Å²) in [6.45, 7) is 0.0105. The van der Waals surface area contributed by atoms with Gasteiger partial charge in [0.25, 0.3) is 17.5 Å². The Kier molecular flexibility index (Phi) is 5.23. The number of benzene rings is 2. The minimum atomic E-state index is -0.563. The number of non-ortho nitro benzene ring substituents is 1. The molecular formula is C22H15FN4O4. The third-order valence-electron chi connectivity index (χ3n) is 4.71. The molecule has 9 heteroatoms. The minimum Gasteiger partial charge on any atom is -0.350 e. The van der Waals surface area contributed by atoms with Crippen molar-refractivity contribution in [2.45, 2.75) is 6.54 Å². The lowest BCUT2D eigenvalue weighted by Crippen LogP contribution is -2.32. The van der Waals surface area contributed by atoms with Crippen LogP contribution in [-0.4, -0.2) is 26.6 Å². The van der Waals surface area contributed by atoms with Crippen molar-refractivity contribution >= 4 is 28.8 Å². The lowest BCUT2D eigenvalue weighted by atomic mass is 10.0. The second-order valence-electron chi connectivity index (χ2n) is 6.74. The fourth-order valence-electron chi connectivity index (χ4n) is 3.20. The Bertz CT molecular complexity index is 1190. The third kappa shape index (κ3) is 4.01. The summed E-state index contributed by atoms with van der Waals surface area (Å²) < 4.78 is 13.3. The molecule has 8 nitrogen and oxygen atoms in total. The van der Waals surface area contributed by atoms with E-state index in [4.69, 9.17) is 0 Å². The standard InChI is InChI=1S/C22H15FN4O4/c23-16-5-7-17(8-6-16)25-20-19(15-3-9-18(10-4-15)27(30)31)21(28)26(22(20)29)13-14-2-1-11-24-12-14/h1-12,25H,13H2. The zero-order chi connectivity index (χ0) is 22.0. The van der Waals surface area contributed by atoms with Crippen molar-refractivity contribution in [3.8, 4) is 0 Å². The van der Waals surface area contributed by atoms with Gasteiger partial charge in [0.1, 0.15) is 11.5 Å². The number of carbonyl (C=O) groups is 2. The van der Waals surface area contributed by atoms with Crippen LogP contribution in [0, 0.1) is 15.9 Å². The van der Waals surface area contributed by atoms with Gasteiger partial charge in [-0.25, -0.2) is 4.39 Å². The number of hydrogen-bond acceptors (Lipinski definition) is 6. The van der Waals surface area contributed by atoms with E-state index in [9.17, 15) is 24.1 Å². The van der Waals surface area contributed by atoms with Crippen LogP contribution in [0.15, 0.2) is 78.8 Å². The highest BCUT2D eigenvalue weighted by Crippen LogP contribution is 2.32. The number of rotatable bonds is 6. The molecule has 4 rings (SSSR count). The Balaban J connectivity index is 1.74. The van der Waals surface area contributed by atoms with E-state index in [1.165, 1.54) is 48.5 Å². The molecule has 3 aromatic rings. The first-order chi connectivity index (χ1) is 14.9. The number of amides is 2. The van der Waals surface area contributed by atoms with Crippen molar-refractivity contribution in [3.63, 3.8) is 0 Å². The predicted octanol–water partition coefficient (Wildman–Crippen LogP) is 3.52. The van der Waals surface area contributed by atoms with Gasteiger partial charge in [0.05, 0.1) is 17.0 Å². The Morgan fingerprint density at radius 1 is 1.00 bits per heavy atom. The molecule has 0 bridgehead atoms. The predicted molar refractivity (Wildman–Crippen MR) is 110 cm³/mol. The molecule has 154 valence electrons. The van der Waals surface area contributed by atoms with E-state index in [1.54, 1.807) is 24.5 Å². The molecule has 1 aromatic heterocycles. The van der Waals surface area contributed by atoms with Gasteiger partial charge in [-0.05, 0) is 53.6 Å². The average molecular weight is 418 g/mol. The molecule has 0 atom stereocenters. The zero-order valence-corrected chi connectivity index (χ0v) is 16.0. The summed E-state index contributed by atoms with van der Waals surface area (Å²) in [6.07, 6.45) is 3.14. The van der Waals surface area contributed by atoms with Gasteiger partial charge < -0.3 is 5.32 Å². The fourth-order valence-corrected chi connectivity index (χ4v) is 3.20. The molecule has 0 spiro atoms. The SMILES string of the molecule is O=C1C(Nc2ccc(F)cc2)=C(c2ccc([N+](=O)[O-])cc2)C(=O)N1Cc1cccnc1. The maximum absolute atomic E-state index is 13.3.